The lowest BCUT2D eigenvalue weighted by molar-refractivity contribution is -0.147. The third-order valence-electron chi connectivity index (χ3n) is 3.71. The number of likely N-dealkylation sites (tertiary alicyclic amines) is 1. The van der Waals surface area contributed by atoms with Gasteiger partial charge in [-0.25, -0.2) is 0 Å². The van der Waals surface area contributed by atoms with E-state index in [4.69, 9.17) is 11.6 Å². The van der Waals surface area contributed by atoms with Gasteiger partial charge in [0, 0.05) is 18.1 Å². The fourth-order valence-electron chi connectivity index (χ4n) is 2.36. The maximum Gasteiger partial charge on any atom is 0.310 e. The topological polar surface area (TPSA) is 40.5 Å². The predicted molar refractivity (Wildman–Crippen MR) is 71.8 cm³/mol. The van der Waals surface area contributed by atoms with Crippen molar-refractivity contribution in [1.29, 1.82) is 0 Å². The van der Waals surface area contributed by atoms with Crippen LogP contribution in [-0.2, 0) is 11.3 Å². The highest BCUT2D eigenvalue weighted by Crippen LogP contribution is 2.31. The Morgan fingerprint density at radius 3 is 2.83 bits per heavy atom. The van der Waals surface area contributed by atoms with Crippen LogP contribution in [0.15, 0.2) is 18.2 Å². The lowest BCUT2D eigenvalue weighted by Crippen LogP contribution is -2.31. The molecule has 1 aliphatic rings. The number of benzene rings is 1. The van der Waals surface area contributed by atoms with Gasteiger partial charge in [0.2, 0.25) is 0 Å². The van der Waals surface area contributed by atoms with Gasteiger partial charge in [-0.3, -0.25) is 9.69 Å². The molecule has 1 aromatic rings. The van der Waals surface area contributed by atoms with Crippen LogP contribution in [0.1, 0.15) is 24.5 Å². The van der Waals surface area contributed by atoms with Gasteiger partial charge >= 0.3 is 5.97 Å². The summed E-state index contributed by atoms with van der Waals surface area (Å²) in [5.74, 6) is -0.702. The summed E-state index contributed by atoms with van der Waals surface area (Å²) < 4.78 is 0. The Morgan fingerprint density at radius 1 is 1.56 bits per heavy atom. The van der Waals surface area contributed by atoms with Crippen LogP contribution in [0.25, 0.3) is 0 Å². The number of hydrogen-bond acceptors (Lipinski definition) is 2. The van der Waals surface area contributed by atoms with E-state index in [0.717, 1.165) is 29.2 Å². The number of halogens is 1. The zero-order valence-electron chi connectivity index (χ0n) is 10.7. The Kier molecular flexibility index (Phi) is 3.64. The van der Waals surface area contributed by atoms with Gasteiger partial charge in [-0.15, -0.1) is 0 Å². The molecule has 1 saturated heterocycles. The average molecular weight is 268 g/mol. The standard InChI is InChI=1S/C14H18ClNO2/c1-10-3-4-11(7-12(10)15)8-16-6-5-14(2,9-16)13(17)18/h3-4,7H,5-6,8-9H2,1-2H3,(H,17,18). The molecular formula is C14H18ClNO2. The Bertz CT molecular complexity index is 475. The van der Waals surface area contributed by atoms with E-state index >= 15 is 0 Å². The summed E-state index contributed by atoms with van der Waals surface area (Å²) in [5.41, 5.74) is 1.60. The van der Waals surface area contributed by atoms with Crippen molar-refractivity contribution >= 4 is 17.6 Å². The summed E-state index contributed by atoms with van der Waals surface area (Å²) in [7, 11) is 0. The van der Waals surface area contributed by atoms with Crippen LogP contribution in [0, 0.1) is 12.3 Å². The second-order valence-corrected chi connectivity index (χ2v) is 5.82. The number of aryl methyl sites for hydroxylation is 1. The molecular weight excluding hydrogens is 250 g/mol. The zero-order chi connectivity index (χ0) is 13.3. The lowest BCUT2D eigenvalue weighted by Gasteiger charge is -2.20. The molecule has 0 aromatic heterocycles. The van der Waals surface area contributed by atoms with Crippen molar-refractivity contribution in [3.63, 3.8) is 0 Å². The van der Waals surface area contributed by atoms with E-state index in [2.05, 4.69) is 11.0 Å². The van der Waals surface area contributed by atoms with E-state index in [9.17, 15) is 9.90 Å². The van der Waals surface area contributed by atoms with Crippen molar-refractivity contribution in [1.82, 2.24) is 4.90 Å². The summed E-state index contributed by atoms with van der Waals surface area (Å²) in [6.07, 6.45) is 0.710. The first-order valence-electron chi connectivity index (χ1n) is 6.11. The molecule has 0 saturated carbocycles. The molecule has 1 heterocycles. The van der Waals surface area contributed by atoms with E-state index in [-0.39, 0.29) is 0 Å². The molecule has 18 heavy (non-hydrogen) atoms. The van der Waals surface area contributed by atoms with Crippen molar-refractivity contribution < 1.29 is 9.90 Å². The quantitative estimate of drug-likeness (QED) is 0.915. The van der Waals surface area contributed by atoms with Gasteiger partial charge in [-0.05, 0) is 44.0 Å². The van der Waals surface area contributed by atoms with Crippen LogP contribution in [0.5, 0.6) is 0 Å². The molecule has 0 aliphatic carbocycles. The molecule has 0 amide bonds. The second-order valence-electron chi connectivity index (χ2n) is 5.41. The van der Waals surface area contributed by atoms with E-state index in [1.807, 2.05) is 26.0 Å². The molecule has 1 fully saturated rings. The minimum atomic E-state index is -0.702. The number of rotatable bonds is 3. The summed E-state index contributed by atoms with van der Waals surface area (Å²) in [5, 5.41) is 9.96. The molecule has 0 spiro atoms. The first-order chi connectivity index (χ1) is 8.40. The smallest absolute Gasteiger partial charge is 0.310 e. The number of carboxylic acid groups (broad SMARTS) is 1. The molecule has 98 valence electrons. The number of aliphatic carboxylic acids is 1. The van der Waals surface area contributed by atoms with Crippen molar-refractivity contribution in [2.45, 2.75) is 26.8 Å². The van der Waals surface area contributed by atoms with Gasteiger partial charge in [0.15, 0.2) is 0 Å². The molecule has 1 unspecified atom stereocenters. The average Bonchev–Trinajstić information content (AvgIpc) is 2.67. The largest absolute Gasteiger partial charge is 0.481 e. The van der Waals surface area contributed by atoms with E-state index in [1.165, 1.54) is 0 Å². The van der Waals surface area contributed by atoms with Crippen LogP contribution in [-0.4, -0.2) is 29.1 Å². The first kappa shape index (κ1) is 13.4. The molecule has 1 aliphatic heterocycles. The third kappa shape index (κ3) is 2.68. The highest BCUT2D eigenvalue weighted by molar-refractivity contribution is 6.31. The van der Waals surface area contributed by atoms with E-state index < -0.39 is 11.4 Å². The summed E-state index contributed by atoms with van der Waals surface area (Å²) >= 11 is 6.09. The molecule has 1 N–H and O–H groups in total. The Morgan fingerprint density at radius 2 is 2.28 bits per heavy atom. The maximum atomic E-state index is 11.2. The molecule has 4 heteroatoms. The predicted octanol–water partition coefficient (Wildman–Crippen LogP) is 2.95. The highest BCUT2D eigenvalue weighted by atomic mass is 35.5. The van der Waals surface area contributed by atoms with Gasteiger partial charge in [0.1, 0.15) is 0 Å². The van der Waals surface area contributed by atoms with Crippen molar-refractivity contribution in [3.8, 4) is 0 Å². The lowest BCUT2D eigenvalue weighted by atomic mass is 9.90. The second kappa shape index (κ2) is 4.90. The van der Waals surface area contributed by atoms with Crippen LogP contribution >= 0.6 is 11.6 Å². The van der Waals surface area contributed by atoms with Crippen LogP contribution in [0.3, 0.4) is 0 Å². The number of carbonyl (C=O) groups is 1. The van der Waals surface area contributed by atoms with Gasteiger partial charge in [-0.1, -0.05) is 23.7 Å². The minimum absolute atomic E-state index is 0.603. The van der Waals surface area contributed by atoms with Crippen LogP contribution in [0.2, 0.25) is 5.02 Å². The van der Waals surface area contributed by atoms with E-state index in [0.29, 0.717) is 13.0 Å². The third-order valence-corrected chi connectivity index (χ3v) is 4.12. The normalized spacial score (nSPS) is 24.4. The maximum absolute atomic E-state index is 11.2. The molecule has 0 bridgehead atoms. The first-order valence-corrected chi connectivity index (χ1v) is 6.49. The zero-order valence-corrected chi connectivity index (χ0v) is 11.5. The van der Waals surface area contributed by atoms with Crippen molar-refractivity contribution in [2.24, 2.45) is 5.41 Å². The van der Waals surface area contributed by atoms with Crippen molar-refractivity contribution in [3.05, 3.63) is 34.3 Å². The molecule has 1 aromatic carbocycles. The van der Waals surface area contributed by atoms with Crippen LogP contribution in [0.4, 0.5) is 0 Å². The van der Waals surface area contributed by atoms with Gasteiger partial charge in [-0.2, -0.15) is 0 Å². The SMILES string of the molecule is Cc1ccc(CN2CCC(C)(C(=O)O)C2)cc1Cl. The molecule has 1 atom stereocenters. The monoisotopic (exact) mass is 267 g/mol. The summed E-state index contributed by atoms with van der Waals surface area (Å²) in [6, 6.07) is 6.02. The summed E-state index contributed by atoms with van der Waals surface area (Å²) in [6.45, 7) is 5.99. The number of carboxylic acids is 1. The van der Waals surface area contributed by atoms with Gasteiger partial charge in [0.05, 0.1) is 5.41 Å². The minimum Gasteiger partial charge on any atom is -0.481 e. The van der Waals surface area contributed by atoms with Crippen LogP contribution < -0.4 is 0 Å². The van der Waals surface area contributed by atoms with Gasteiger partial charge < -0.3 is 5.11 Å². The van der Waals surface area contributed by atoms with E-state index in [1.54, 1.807) is 0 Å². The molecule has 0 radical (unpaired) electrons. The fraction of sp³-hybridized carbons (Fsp3) is 0.500. The Hall–Kier alpha value is -1.06. The summed E-state index contributed by atoms with van der Waals surface area (Å²) in [4.78, 5) is 13.3. The Labute approximate surface area is 112 Å². The Balaban J connectivity index is 2.03. The number of hydrogen-bond donors (Lipinski definition) is 1. The van der Waals surface area contributed by atoms with Crippen molar-refractivity contribution in [2.75, 3.05) is 13.1 Å². The fourth-order valence-corrected chi connectivity index (χ4v) is 2.56. The highest BCUT2D eigenvalue weighted by Gasteiger charge is 2.40. The number of nitrogens with zero attached hydrogens (tertiary/aromatic N) is 1. The molecule has 2 rings (SSSR count). The molecule has 3 nitrogen and oxygen atoms in total. The van der Waals surface area contributed by atoms with Gasteiger partial charge in [0.25, 0.3) is 0 Å².